The first kappa shape index (κ1) is 19.6. The molecule has 1 N–H and O–H groups in total. The standard InChI is InChI=1S/C23H20N4O2S/c1-16-15-30-23(25-16)20-14-24-27(18-6-4-3-5-7-18)22(20)26-21(28)13-10-17-8-11-19(29-2)12-9-17/h3-15H,1-2H3,(H,26,28)/b13-10+. The van der Waals surface area contributed by atoms with E-state index in [1.807, 2.05) is 66.9 Å². The van der Waals surface area contributed by atoms with Crippen LogP contribution in [0.1, 0.15) is 11.3 Å². The third-order valence-electron chi connectivity index (χ3n) is 4.40. The second-order valence-electron chi connectivity index (χ2n) is 6.54. The number of amides is 1. The summed E-state index contributed by atoms with van der Waals surface area (Å²) in [5.74, 6) is 1.10. The lowest BCUT2D eigenvalue weighted by molar-refractivity contribution is -0.111. The minimum absolute atomic E-state index is 0.252. The molecule has 0 aliphatic rings. The molecule has 0 unspecified atom stereocenters. The van der Waals surface area contributed by atoms with Crippen molar-refractivity contribution in [1.29, 1.82) is 0 Å². The van der Waals surface area contributed by atoms with Crippen LogP contribution in [0.15, 0.2) is 72.3 Å². The zero-order chi connectivity index (χ0) is 20.9. The van der Waals surface area contributed by atoms with Crippen molar-refractivity contribution in [3.05, 3.63) is 83.5 Å². The summed E-state index contributed by atoms with van der Waals surface area (Å²) in [7, 11) is 1.62. The highest BCUT2D eigenvalue weighted by atomic mass is 32.1. The zero-order valence-electron chi connectivity index (χ0n) is 16.6. The van der Waals surface area contributed by atoms with E-state index in [1.165, 1.54) is 17.4 Å². The maximum absolute atomic E-state index is 12.7. The van der Waals surface area contributed by atoms with Gasteiger partial charge in [0.2, 0.25) is 5.91 Å². The fraction of sp³-hybridized carbons (Fsp3) is 0.0870. The van der Waals surface area contributed by atoms with Gasteiger partial charge in [-0.25, -0.2) is 9.67 Å². The number of aryl methyl sites for hydroxylation is 1. The van der Waals surface area contributed by atoms with E-state index in [0.717, 1.165) is 33.3 Å². The molecule has 0 radical (unpaired) electrons. The van der Waals surface area contributed by atoms with Crippen molar-refractivity contribution in [1.82, 2.24) is 14.8 Å². The molecular formula is C23H20N4O2S. The Morgan fingerprint density at radius 3 is 2.57 bits per heavy atom. The molecule has 2 heterocycles. The number of ether oxygens (including phenoxy) is 1. The van der Waals surface area contributed by atoms with E-state index in [2.05, 4.69) is 15.4 Å². The Morgan fingerprint density at radius 1 is 1.13 bits per heavy atom. The summed E-state index contributed by atoms with van der Waals surface area (Å²) in [5.41, 5.74) is 3.46. The Morgan fingerprint density at radius 2 is 1.90 bits per heavy atom. The number of carbonyl (C=O) groups excluding carboxylic acids is 1. The van der Waals surface area contributed by atoms with Gasteiger partial charge in [-0.2, -0.15) is 5.10 Å². The van der Waals surface area contributed by atoms with Crippen LogP contribution in [0.3, 0.4) is 0 Å². The van der Waals surface area contributed by atoms with Crippen LogP contribution in [0, 0.1) is 6.92 Å². The summed E-state index contributed by atoms with van der Waals surface area (Å²) in [6.07, 6.45) is 4.99. The van der Waals surface area contributed by atoms with Crippen LogP contribution >= 0.6 is 11.3 Å². The molecular weight excluding hydrogens is 396 g/mol. The third-order valence-corrected chi connectivity index (χ3v) is 5.40. The van der Waals surface area contributed by atoms with Gasteiger partial charge in [0.25, 0.3) is 0 Å². The number of hydrogen-bond acceptors (Lipinski definition) is 5. The first-order valence-electron chi connectivity index (χ1n) is 9.33. The van der Waals surface area contributed by atoms with Gasteiger partial charge in [-0.3, -0.25) is 4.79 Å². The summed E-state index contributed by atoms with van der Waals surface area (Å²) >= 11 is 1.52. The highest BCUT2D eigenvalue weighted by Crippen LogP contribution is 2.32. The quantitative estimate of drug-likeness (QED) is 0.451. The van der Waals surface area contributed by atoms with E-state index in [-0.39, 0.29) is 5.91 Å². The number of nitrogens with one attached hydrogen (secondary N) is 1. The molecule has 0 atom stereocenters. The second kappa shape index (κ2) is 8.75. The maximum atomic E-state index is 12.7. The van der Waals surface area contributed by atoms with Gasteiger partial charge in [0.15, 0.2) is 0 Å². The molecule has 0 fully saturated rings. The average molecular weight is 417 g/mol. The van der Waals surface area contributed by atoms with Gasteiger partial charge in [0, 0.05) is 17.2 Å². The van der Waals surface area contributed by atoms with Crippen molar-refractivity contribution >= 4 is 29.1 Å². The molecule has 2 aromatic heterocycles. The molecule has 0 saturated carbocycles. The number of benzene rings is 2. The molecule has 2 aromatic carbocycles. The lowest BCUT2D eigenvalue weighted by Gasteiger charge is -2.09. The van der Waals surface area contributed by atoms with E-state index < -0.39 is 0 Å². The van der Waals surface area contributed by atoms with E-state index in [4.69, 9.17) is 4.74 Å². The van der Waals surface area contributed by atoms with Crippen LogP contribution in [0.4, 0.5) is 5.82 Å². The minimum atomic E-state index is -0.252. The highest BCUT2D eigenvalue weighted by molar-refractivity contribution is 7.13. The number of nitrogens with zero attached hydrogens (tertiary/aromatic N) is 3. The predicted molar refractivity (Wildman–Crippen MR) is 120 cm³/mol. The molecule has 0 bridgehead atoms. The Bertz CT molecular complexity index is 1180. The topological polar surface area (TPSA) is 69.0 Å². The summed E-state index contributed by atoms with van der Waals surface area (Å²) in [6.45, 7) is 1.94. The van der Waals surface area contributed by atoms with Gasteiger partial charge >= 0.3 is 0 Å². The summed E-state index contributed by atoms with van der Waals surface area (Å²) in [6, 6.07) is 17.2. The van der Waals surface area contributed by atoms with Crippen LogP contribution < -0.4 is 10.1 Å². The molecule has 30 heavy (non-hydrogen) atoms. The van der Waals surface area contributed by atoms with Crippen molar-refractivity contribution < 1.29 is 9.53 Å². The summed E-state index contributed by atoms with van der Waals surface area (Å²) in [5, 5.41) is 10.3. The molecule has 0 aliphatic carbocycles. The van der Waals surface area contributed by atoms with Crippen molar-refractivity contribution in [3.8, 4) is 22.0 Å². The third kappa shape index (κ3) is 4.31. The van der Waals surface area contributed by atoms with Crippen LogP contribution in [0.2, 0.25) is 0 Å². The molecule has 1 amide bonds. The highest BCUT2D eigenvalue weighted by Gasteiger charge is 2.18. The van der Waals surface area contributed by atoms with Crippen molar-refractivity contribution in [3.63, 3.8) is 0 Å². The number of anilines is 1. The molecule has 150 valence electrons. The Balaban J connectivity index is 1.63. The molecule has 7 heteroatoms. The summed E-state index contributed by atoms with van der Waals surface area (Å²) < 4.78 is 6.87. The largest absolute Gasteiger partial charge is 0.497 e. The van der Waals surface area contributed by atoms with Crippen LogP contribution in [-0.2, 0) is 4.79 Å². The van der Waals surface area contributed by atoms with E-state index in [0.29, 0.717) is 5.82 Å². The molecule has 0 saturated heterocycles. The van der Waals surface area contributed by atoms with Gasteiger partial charge in [-0.05, 0) is 42.8 Å². The number of aromatic nitrogens is 3. The minimum Gasteiger partial charge on any atom is -0.497 e. The molecule has 6 nitrogen and oxygen atoms in total. The van der Waals surface area contributed by atoms with E-state index >= 15 is 0 Å². The normalized spacial score (nSPS) is 11.0. The monoisotopic (exact) mass is 416 g/mol. The van der Waals surface area contributed by atoms with E-state index in [9.17, 15) is 4.79 Å². The summed E-state index contributed by atoms with van der Waals surface area (Å²) in [4.78, 5) is 17.2. The maximum Gasteiger partial charge on any atom is 0.249 e. The first-order chi connectivity index (χ1) is 14.6. The fourth-order valence-electron chi connectivity index (χ4n) is 2.91. The number of carbonyl (C=O) groups is 1. The van der Waals surface area contributed by atoms with Gasteiger partial charge in [0.1, 0.15) is 16.6 Å². The lowest BCUT2D eigenvalue weighted by Crippen LogP contribution is -2.13. The van der Waals surface area contributed by atoms with Crippen LogP contribution in [0.5, 0.6) is 5.75 Å². The number of methoxy groups -OCH3 is 1. The van der Waals surface area contributed by atoms with Crippen molar-refractivity contribution in [2.75, 3.05) is 12.4 Å². The second-order valence-corrected chi connectivity index (χ2v) is 7.40. The Kier molecular flexibility index (Phi) is 5.72. The van der Waals surface area contributed by atoms with Gasteiger partial charge in [-0.1, -0.05) is 30.3 Å². The van der Waals surface area contributed by atoms with Crippen LogP contribution in [0.25, 0.3) is 22.3 Å². The van der Waals surface area contributed by atoms with Gasteiger partial charge in [0.05, 0.1) is 24.6 Å². The van der Waals surface area contributed by atoms with Crippen molar-refractivity contribution in [2.45, 2.75) is 6.92 Å². The van der Waals surface area contributed by atoms with Crippen molar-refractivity contribution in [2.24, 2.45) is 0 Å². The fourth-order valence-corrected chi connectivity index (χ4v) is 3.72. The zero-order valence-corrected chi connectivity index (χ0v) is 17.4. The van der Waals surface area contributed by atoms with Gasteiger partial charge in [-0.15, -0.1) is 11.3 Å². The Hall–Kier alpha value is -3.71. The van der Waals surface area contributed by atoms with Crippen LogP contribution in [-0.4, -0.2) is 27.8 Å². The molecule has 4 rings (SSSR count). The lowest BCUT2D eigenvalue weighted by atomic mass is 10.2. The number of rotatable bonds is 6. The first-order valence-corrected chi connectivity index (χ1v) is 10.2. The number of thiazole rings is 1. The smallest absolute Gasteiger partial charge is 0.249 e. The average Bonchev–Trinajstić information content (AvgIpc) is 3.39. The van der Waals surface area contributed by atoms with E-state index in [1.54, 1.807) is 24.1 Å². The predicted octanol–water partition coefficient (Wildman–Crippen LogP) is 4.96. The van der Waals surface area contributed by atoms with Gasteiger partial charge < -0.3 is 10.1 Å². The number of para-hydroxylation sites is 1. The molecule has 4 aromatic rings. The number of hydrogen-bond donors (Lipinski definition) is 1. The SMILES string of the molecule is COc1ccc(/C=C/C(=O)Nc2c(-c3nc(C)cs3)cnn2-c2ccccc2)cc1. The molecule has 0 aliphatic heterocycles. The Labute approximate surface area is 178 Å². The molecule has 0 spiro atoms.